The lowest BCUT2D eigenvalue weighted by atomic mass is 9.84. The third kappa shape index (κ3) is 5.50. The Balaban J connectivity index is 1.77. The maximum absolute atomic E-state index is 13.5. The van der Waals surface area contributed by atoms with Crippen LogP contribution in [0.5, 0.6) is 0 Å². The van der Waals surface area contributed by atoms with Gasteiger partial charge in [-0.25, -0.2) is 4.79 Å². The fraction of sp³-hybridized carbons (Fsp3) is 0.129. The Morgan fingerprint density at radius 3 is 1.89 bits per heavy atom. The molecule has 186 valence electrons. The Labute approximate surface area is 234 Å². The van der Waals surface area contributed by atoms with E-state index in [2.05, 4.69) is 90.6 Å². The van der Waals surface area contributed by atoms with Gasteiger partial charge in [0, 0.05) is 32.4 Å². The molecule has 4 aromatic carbocycles. The highest BCUT2D eigenvalue weighted by Crippen LogP contribution is 2.48. The molecule has 0 saturated carbocycles. The van der Waals surface area contributed by atoms with Gasteiger partial charge in [-0.3, -0.25) is 0 Å². The molecule has 0 aliphatic carbocycles. The lowest BCUT2D eigenvalue weighted by Crippen LogP contribution is -2.41. The van der Waals surface area contributed by atoms with E-state index in [1.165, 1.54) is 7.11 Å². The van der Waals surface area contributed by atoms with E-state index in [-0.39, 0.29) is 18.1 Å². The fourth-order valence-corrected chi connectivity index (χ4v) is 5.44. The van der Waals surface area contributed by atoms with Crippen molar-refractivity contribution in [3.8, 4) is 0 Å². The van der Waals surface area contributed by atoms with Crippen molar-refractivity contribution < 1.29 is 9.53 Å². The molecule has 0 aromatic heterocycles. The molecule has 0 saturated heterocycles. The molecule has 4 aromatic rings. The number of methoxy groups -OCH3 is 1. The second-order valence-corrected chi connectivity index (χ2v) is 10.7. The molecule has 2 atom stereocenters. The molecule has 37 heavy (non-hydrogen) atoms. The van der Waals surface area contributed by atoms with Gasteiger partial charge in [0.1, 0.15) is 0 Å². The second kappa shape index (κ2) is 11.4. The zero-order valence-corrected chi connectivity index (χ0v) is 23.4. The van der Waals surface area contributed by atoms with Crippen molar-refractivity contribution in [2.24, 2.45) is 0 Å². The number of nitrogens with zero attached hydrogens (tertiary/aromatic N) is 1. The van der Waals surface area contributed by atoms with Gasteiger partial charge in [0.15, 0.2) is 0 Å². The topological polar surface area (TPSA) is 41.6 Å². The van der Waals surface area contributed by atoms with Gasteiger partial charge in [0.05, 0.1) is 24.8 Å². The summed E-state index contributed by atoms with van der Waals surface area (Å²) < 4.78 is 7.40. The van der Waals surface area contributed by atoms with Gasteiger partial charge in [-0.1, -0.05) is 92.5 Å². The molecule has 4 nitrogen and oxygen atoms in total. The number of nitrogens with one attached hydrogen (secondary N) is 1. The molecule has 0 unspecified atom stereocenters. The summed E-state index contributed by atoms with van der Waals surface area (Å²) in [6.07, 6.45) is 0.600. The summed E-state index contributed by atoms with van der Waals surface area (Å²) in [5.74, 6) is -0.346. The minimum Gasteiger partial charge on any atom is -0.466 e. The highest BCUT2D eigenvalue weighted by Gasteiger charge is 2.41. The van der Waals surface area contributed by atoms with Crippen molar-refractivity contribution in [1.82, 2.24) is 0 Å². The molecule has 0 amide bonds. The van der Waals surface area contributed by atoms with E-state index >= 15 is 0 Å². The zero-order valence-electron chi connectivity index (χ0n) is 20.3. The van der Waals surface area contributed by atoms with Gasteiger partial charge < -0.3 is 15.0 Å². The molecule has 5 rings (SSSR count). The Bertz CT molecular complexity index is 1390. The maximum Gasteiger partial charge on any atom is 0.337 e. The molecule has 0 fully saturated rings. The number of benzene rings is 4. The number of hydrogen-bond donors (Lipinski definition) is 1. The number of carbonyl (C=O) groups is 1. The van der Waals surface area contributed by atoms with E-state index < -0.39 is 0 Å². The first-order valence-corrected chi connectivity index (χ1v) is 13.6. The Kier molecular flexibility index (Phi) is 7.77. The van der Waals surface area contributed by atoms with Crippen LogP contribution in [0.2, 0.25) is 0 Å². The van der Waals surface area contributed by atoms with Crippen molar-refractivity contribution in [3.63, 3.8) is 0 Å². The maximum atomic E-state index is 13.5. The third-order valence-electron chi connectivity index (χ3n) is 6.58. The highest BCUT2D eigenvalue weighted by atomic mass is 79.9. The first kappa shape index (κ1) is 25.3. The minimum absolute atomic E-state index is 0.0382. The molecule has 1 aliphatic heterocycles. The van der Waals surface area contributed by atoms with Crippen LogP contribution in [0.1, 0.15) is 29.6 Å². The average Bonchev–Trinajstić information content (AvgIpc) is 2.94. The minimum atomic E-state index is -0.378. The Morgan fingerprint density at radius 1 is 0.784 bits per heavy atom. The van der Waals surface area contributed by atoms with Crippen LogP contribution in [-0.4, -0.2) is 13.1 Å². The molecular weight excluding hydrogens is 592 g/mol. The summed E-state index contributed by atoms with van der Waals surface area (Å²) in [6, 6.07) is 36.4. The normalized spacial score (nSPS) is 17.4. The summed E-state index contributed by atoms with van der Waals surface area (Å²) in [5, 5.41) is 3.57. The summed E-state index contributed by atoms with van der Waals surface area (Å²) in [5.41, 5.74) is 5.57. The number of rotatable bonds is 6. The number of ether oxygens (including phenoxy) is 1. The van der Waals surface area contributed by atoms with Crippen LogP contribution < -0.4 is 10.2 Å². The summed E-state index contributed by atoms with van der Waals surface area (Å²) in [6.45, 7) is 0. The van der Waals surface area contributed by atoms with Gasteiger partial charge in [0.25, 0.3) is 0 Å². The first-order valence-electron chi connectivity index (χ1n) is 12.0. The lowest BCUT2D eigenvalue weighted by Gasteiger charge is -2.46. The summed E-state index contributed by atoms with van der Waals surface area (Å²) >= 11 is 7.14. The van der Waals surface area contributed by atoms with Crippen LogP contribution in [0.3, 0.4) is 0 Å². The number of halogens is 2. The van der Waals surface area contributed by atoms with E-state index in [4.69, 9.17) is 4.74 Å². The van der Waals surface area contributed by atoms with Crippen LogP contribution in [0.25, 0.3) is 0 Å². The number of carbonyl (C=O) groups excluding carboxylic acids is 1. The first-order chi connectivity index (χ1) is 18.0. The van der Waals surface area contributed by atoms with Gasteiger partial charge in [0.2, 0.25) is 0 Å². The molecule has 0 bridgehead atoms. The number of hydrogen-bond acceptors (Lipinski definition) is 4. The van der Waals surface area contributed by atoms with E-state index in [9.17, 15) is 4.79 Å². The van der Waals surface area contributed by atoms with E-state index in [1.54, 1.807) is 0 Å². The fourth-order valence-electron chi connectivity index (χ4n) is 4.91. The molecule has 1 N–H and O–H groups in total. The molecular formula is C31H26Br2N2O2. The van der Waals surface area contributed by atoms with Crippen molar-refractivity contribution in [2.45, 2.75) is 18.5 Å². The van der Waals surface area contributed by atoms with Crippen LogP contribution in [0.15, 0.2) is 129 Å². The van der Waals surface area contributed by atoms with E-state index in [1.807, 2.05) is 60.7 Å². The molecule has 0 radical (unpaired) electrons. The molecule has 1 heterocycles. The largest absolute Gasteiger partial charge is 0.466 e. The van der Waals surface area contributed by atoms with Crippen molar-refractivity contribution >= 4 is 49.2 Å². The van der Waals surface area contributed by atoms with Crippen molar-refractivity contribution in [3.05, 3.63) is 141 Å². The lowest BCUT2D eigenvalue weighted by molar-refractivity contribution is -0.136. The predicted octanol–water partition coefficient (Wildman–Crippen LogP) is 8.44. The molecule has 6 heteroatoms. The number of para-hydroxylation sites is 2. The number of esters is 1. The van der Waals surface area contributed by atoms with Crippen LogP contribution in [0.4, 0.5) is 11.4 Å². The summed E-state index contributed by atoms with van der Waals surface area (Å²) in [4.78, 5) is 15.9. The Hall–Kier alpha value is -3.35. The standard InChI is InChI=1S/C31H26Br2N2O2/c1-37-31(36)29-27(34-25-8-4-2-5-9-25)20-28(21-12-16-23(32)17-13-21)35(26-10-6-3-7-11-26)30(29)22-14-18-24(33)19-15-22/h2-19,28,30,34H,20H2,1H3/t28-,30+/m0/s1. The predicted molar refractivity (Wildman–Crippen MR) is 156 cm³/mol. The monoisotopic (exact) mass is 616 g/mol. The quantitative estimate of drug-likeness (QED) is 0.220. The van der Waals surface area contributed by atoms with Crippen LogP contribution in [0, 0.1) is 0 Å². The van der Waals surface area contributed by atoms with Crippen molar-refractivity contribution in [2.75, 3.05) is 17.3 Å². The smallest absolute Gasteiger partial charge is 0.337 e. The molecule has 0 spiro atoms. The van der Waals surface area contributed by atoms with Gasteiger partial charge in [-0.15, -0.1) is 0 Å². The van der Waals surface area contributed by atoms with Gasteiger partial charge in [-0.05, 0) is 59.7 Å². The average molecular weight is 618 g/mol. The Morgan fingerprint density at radius 2 is 1.32 bits per heavy atom. The third-order valence-corrected chi connectivity index (χ3v) is 7.64. The van der Waals surface area contributed by atoms with E-state index in [0.717, 1.165) is 37.1 Å². The van der Waals surface area contributed by atoms with Crippen LogP contribution in [-0.2, 0) is 9.53 Å². The van der Waals surface area contributed by atoms with Gasteiger partial charge >= 0.3 is 5.97 Å². The summed E-state index contributed by atoms with van der Waals surface area (Å²) in [7, 11) is 1.45. The highest BCUT2D eigenvalue weighted by molar-refractivity contribution is 9.10. The SMILES string of the molecule is COC(=O)C1=C(Nc2ccccc2)C[C@@H](c2ccc(Br)cc2)N(c2ccccc2)[C@@H]1c1ccc(Br)cc1. The second-order valence-electron chi connectivity index (χ2n) is 8.84. The van der Waals surface area contributed by atoms with Crippen molar-refractivity contribution in [1.29, 1.82) is 0 Å². The van der Waals surface area contributed by atoms with Gasteiger partial charge in [-0.2, -0.15) is 0 Å². The number of anilines is 2. The molecule has 1 aliphatic rings. The zero-order chi connectivity index (χ0) is 25.8. The van der Waals surface area contributed by atoms with E-state index in [0.29, 0.717) is 12.0 Å². The van der Waals surface area contributed by atoms with Crippen LogP contribution >= 0.6 is 31.9 Å².